The number of oxazole rings is 1. The minimum Gasteiger partial charge on any atom is -0.481 e. The Morgan fingerprint density at radius 1 is 1.18 bits per heavy atom. The van der Waals surface area contributed by atoms with Gasteiger partial charge in [-0.3, -0.25) is 14.2 Å². The van der Waals surface area contributed by atoms with Gasteiger partial charge in [-0.2, -0.15) is 0 Å². The van der Waals surface area contributed by atoms with Crippen molar-refractivity contribution < 1.29 is 18.7 Å². The van der Waals surface area contributed by atoms with Gasteiger partial charge in [0.2, 0.25) is 5.91 Å². The second-order valence-corrected chi connectivity index (χ2v) is 7.04. The van der Waals surface area contributed by atoms with Crippen LogP contribution >= 0.6 is 0 Å². The van der Waals surface area contributed by atoms with E-state index >= 15 is 0 Å². The maximum atomic E-state index is 12.4. The number of benzene rings is 2. The Balaban J connectivity index is 1.60. The summed E-state index contributed by atoms with van der Waals surface area (Å²) in [6.45, 7) is 0.267. The smallest absolute Gasteiger partial charge is 0.419 e. The Bertz CT molecular complexity index is 1190. The number of carbonyl (C=O) groups excluding carboxylic acids is 2. The quantitative estimate of drug-likeness (QED) is 0.736. The summed E-state index contributed by atoms with van der Waals surface area (Å²) in [6, 6.07) is 10.8. The Hall–Kier alpha value is -3.55. The summed E-state index contributed by atoms with van der Waals surface area (Å²) in [5.74, 6) is -0.410. The van der Waals surface area contributed by atoms with Crippen LogP contribution in [-0.2, 0) is 16.1 Å². The Kier molecular flexibility index (Phi) is 3.55. The zero-order valence-electron chi connectivity index (χ0n) is 15.1. The first-order chi connectivity index (χ1) is 13.5. The van der Waals surface area contributed by atoms with Crippen LogP contribution in [0, 0.1) is 0 Å². The molecule has 3 aromatic rings. The third kappa shape index (κ3) is 2.49. The number of hydrogen-bond donors (Lipinski definition) is 1. The van der Waals surface area contributed by atoms with E-state index in [0.29, 0.717) is 34.8 Å². The second-order valence-electron chi connectivity index (χ2n) is 7.04. The fourth-order valence-electron chi connectivity index (χ4n) is 3.88. The predicted octanol–water partition coefficient (Wildman–Crippen LogP) is 2.08. The summed E-state index contributed by atoms with van der Waals surface area (Å²) < 4.78 is 12.4. The van der Waals surface area contributed by atoms with E-state index in [-0.39, 0.29) is 30.8 Å². The standard InChI is InChI=1S/C20H17N3O5/c1-22-15-7-12-11(9-23-14-4-2-3-5-16(14)28-20(23)26)6-18(24)21-13(12)8-17(15)27-10-19(22)25/h2-5,7-8,11H,6,9-10H2,1H3,(H,21,24). The van der Waals surface area contributed by atoms with Gasteiger partial charge in [0.05, 0.1) is 11.2 Å². The number of likely N-dealkylation sites (N-methyl/N-ethyl adjacent to an activating group) is 1. The molecule has 8 heteroatoms. The van der Waals surface area contributed by atoms with Crippen molar-refractivity contribution in [2.24, 2.45) is 0 Å². The Morgan fingerprint density at radius 2 is 2.00 bits per heavy atom. The van der Waals surface area contributed by atoms with Crippen LogP contribution in [0.2, 0.25) is 0 Å². The number of aromatic nitrogens is 1. The van der Waals surface area contributed by atoms with Gasteiger partial charge in [-0.05, 0) is 23.8 Å². The van der Waals surface area contributed by atoms with E-state index in [1.165, 1.54) is 0 Å². The average Bonchev–Trinajstić information content (AvgIpc) is 2.99. The molecule has 1 atom stereocenters. The normalized spacial score (nSPS) is 18.5. The third-order valence-corrected chi connectivity index (χ3v) is 5.34. The molecule has 1 unspecified atom stereocenters. The topological polar surface area (TPSA) is 93.8 Å². The monoisotopic (exact) mass is 379 g/mol. The van der Waals surface area contributed by atoms with Gasteiger partial charge in [-0.15, -0.1) is 0 Å². The number of nitrogens with one attached hydrogen (secondary N) is 1. The average molecular weight is 379 g/mol. The molecule has 8 nitrogen and oxygen atoms in total. The number of carbonyl (C=O) groups is 2. The van der Waals surface area contributed by atoms with Crippen LogP contribution in [0.25, 0.3) is 11.1 Å². The molecular formula is C20H17N3O5. The van der Waals surface area contributed by atoms with Crippen LogP contribution in [0.5, 0.6) is 5.75 Å². The minimum absolute atomic E-state index is 0.0317. The summed E-state index contributed by atoms with van der Waals surface area (Å²) in [4.78, 5) is 38.2. The van der Waals surface area contributed by atoms with Crippen molar-refractivity contribution in [2.75, 3.05) is 23.9 Å². The zero-order valence-corrected chi connectivity index (χ0v) is 15.1. The Labute approximate surface area is 159 Å². The van der Waals surface area contributed by atoms with E-state index in [9.17, 15) is 14.4 Å². The first-order valence-electron chi connectivity index (χ1n) is 8.97. The van der Waals surface area contributed by atoms with Crippen molar-refractivity contribution in [3.05, 3.63) is 52.5 Å². The van der Waals surface area contributed by atoms with Crippen LogP contribution in [0.1, 0.15) is 17.9 Å². The van der Waals surface area contributed by atoms with Gasteiger partial charge in [-0.25, -0.2) is 4.79 Å². The highest BCUT2D eigenvalue weighted by atomic mass is 16.5. The minimum atomic E-state index is -0.456. The lowest BCUT2D eigenvalue weighted by atomic mass is 9.89. The van der Waals surface area contributed by atoms with E-state index in [4.69, 9.17) is 9.15 Å². The highest BCUT2D eigenvalue weighted by Gasteiger charge is 2.31. The molecule has 3 heterocycles. The molecule has 142 valence electrons. The summed E-state index contributed by atoms with van der Waals surface area (Å²) >= 11 is 0. The van der Waals surface area contributed by atoms with E-state index in [0.717, 1.165) is 5.56 Å². The molecule has 0 bridgehead atoms. The van der Waals surface area contributed by atoms with Crippen LogP contribution in [-0.4, -0.2) is 30.0 Å². The Morgan fingerprint density at radius 3 is 2.86 bits per heavy atom. The molecule has 0 aliphatic carbocycles. The highest BCUT2D eigenvalue weighted by Crippen LogP contribution is 2.42. The predicted molar refractivity (Wildman–Crippen MR) is 102 cm³/mol. The van der Waals surface area contributed by atoms with Gasteiger partial charge in [0, 0.05) is 37.7 Å². The van der Waals surface area contributed by atoms with Crippen molar-refractivity contribution in [3.63, 3.8) is 0 Å². The lowest BCUT2D eigenvalue weighted by molar-refractivity contribution is -0.121. The SMILES string of the molecule is CN1C(=O)COc2cc3c(cc21)C(Cn1c(=O)oc2ccccc21)CC(=O)N3. The molecule has 0 fully saturated rings. The first-order valence-corrected chi connectivity index (χ1v) is 8.97. The van der Waals surface area contributed by atoms with Gasteiger partial charge < -0.3 is 19.4 Å². The van der Waals surface area contributed by atoms with Crippen LogP contribution in [0.15, 0.2) is 45.6 Å². The molecule has 1 aromatic heterocycles. The lowest BCUT2D eigenvalue weighted by Gasteiger charge is -2.31. The molecular weight excluding hydrogens is 362 g/mol. The third-order valence-electron chi connectivity index (χ3n) is 5.34. The molecule has 2 amide bonds. The number of amides is 2. The van der Waals surface area contributed by atoms with Gasteiger partial charge in [0.15, 0.2) is 12.2 Å². The van der Waals surface area contributed by atoms with Crippen LogP contribution in [0.4, 0.5) is 11.4 Å². The number of nitrogens with zero attached hydrogens (tertiary/aromatic N) is 2. The summed E-state index contributed by atoms with van der Waals surface area (Å²) in [5, 5.41) is 2.86. The van der Waals surface area contributed by atoms with E-state index in [2.05, 4.69) is 5.32 Å². The van der Waals surface area contributed by atoms with Gasteiger partial charge in [-0.1, -0.05) is 12.1 Å². The molecule has 2 aliphatic heterocycles. The molecule has 1 N–H and O–H groups in total. The number of rotatable bonds is 2. The number of para-hydroxylation sites is 2. The molecule has 28 heavy (non-hydrogen) atoms. The van der Waals surface area contributed by atoms with Crippen LogP contribution in [0.3, 0.4) is 0 Å². The van der Waals surface area contributed by atoms with Crippen molar-refractivity contribution in [2.45, 2.75) is 18.9 Å². The summed E-state index contributed by atoms with van der Waals surface area (Å²) in [6.07, 6.45) is 0.232. The van der Waals surface area contributed by atoms with E-state index < -0.39 is 5.76 Å². The van der Waals surface area contributed by atoms with Crippen molar-refractivity contribution >= 4 is 34.3 Å². The zero-order chi connectivity index (χ0) is 19.4. The molecule has 0 saturated heterocycles. The van der Waals surface area contributed by atoms with Crippen LogP contribution < -0.4 is 20.7 Å². The van der Waals surface area contributed by atoms with E-state index in [1.54, 1.807) is 34.7 Å². The van der Waals surface area contributed by atoms with Crippen molar-refractivity contribution in [1.82, 2.24) is 4.57 Å². The summed E-state index contributed by atoms with van der Waals surface area (Å²) in [5.41, 5.74) is 3.36. The number of anilines is 2. The van der Waals surface area contributed by atoms with Gasteiger partial charge in [0.1, 0.15) is 5.75 Å². The number of fused-ring (bicyclic) bond motifs is 3. The highest BCUT2D eigenvalue weighted by molar-refractivity contribution is 6.00. The maximum Gasteiger partial charge on any atom is 0.419 e. The first kappa shape index (κ1) is 16.6. The molecule has 2 aromatic carbocycles. The lowest BCUT2D eigenvalue weighted by Crippen LogP contribution is -2.36. The fourth-order valence-corrected chi connectivity index (χ4v) is 3.88. The number of ether oxygens (including phenoxy) is 1. The molecule has 0 spiro atoms. The fraction of sp³-hybridized carbons (Fsp3) is 0.250. The largest absolute Gasteiger partial charge is 0.481 e. The maximum absolute atomic E-state index is 12.4. The van der Waals surface area contributed by atoms with Gasteiger partial charge in [0.25, 0.3) is 5.91 Å². The summed E-state index contributed by atoms with van der Waals surface area (Å²) in [7, 11) is 1.70. The van der Waals surface area contributed by atoms with Crippen molar-refractivity contribution in [1.29, 1.82) is 0 Å². The van der Waals surface area contributed by atoms with E-state index in [1.807, 2.05) is 18.2 Å². The number of hydrogen-bond acceptors (Lipinski definition) is 5. The molecule has 2 aliphatic rings. The second kappa shape index (κ2) is 5.98. The van der Waals surface area contributed by atoms with Crippen molar-refractivity contribution in [3.8, 4) is 5.75 Å². The molecule has 5 rings (SSSR count). The molecule has 0 radical (unpaired) electrons. The van der Waals surface area contributed by atoms with Gasteiger partial charge >= 0.3 is 5.76 Å². The molecule has 0 saturated carbocycles.